The molecule has 2 unspecified atom stereocenters. The molecular formula is C14H26N2. The fraction of sp³-hybridized carbons (Fsp3) is 0.857. The highest BCUT2D eigenvalue weighted by atomic mass is 15.2. The first-order chi connectivity index (χ1) is 7.63. The molecule has 2 atom stereocenters. The third-order valence-corrected chi connectivity index (χ3v) is 3.30. The molecule has 0 aromatic rings. The third kappa shape index (κ3) is 4.55. The molecule has 1 fully saturated rings. The molecule has 0 saturated carbocycles. The van der Waals surface area contributed by atoms with Crippen molar-refractivity contribution in [3.63, 3.8) is 0 Å². The van der Waals surface area contributed by atoms with Crippen molar-refractivity contribution in [2.45, 2.75) is 52.1 Å². The molecule has 92 valence electrons. The lowest BCUT2D eigenvalue weighted by Crippen LogP contribution is -2.42. The molecule has 0 spiro atoms. The van der Waals surface area contributed by atoms with E-state index in [4.69, 9.17) is 6.42 Å². The Hall–Kier alpha value is -0.520. The van der Waals surface area contributed by atoms with Crippen molar-refractivity contribution in [1.29, 1.82) is 0 Å². The number of terminal acetylenes is 1. The second-order valence-corrected chi connectivity index (χ2v) is 5.39. The molecule has 1 rings (SSSR count). The summed E-state index contributed by atoms with van der Waals surface area (Å²) in [7, 11) is 0. The summed E-state index contributed by atoms with van der Waals surface area (Å²) < 4.78 is 0. The minimum absolute atomic E-state index is 0.527. The summed E-state index contributed by atoms with van der Waals surface area (Å²) >= 11 is 0. The van der Waals surface area contributed by atoms with E-state index in [1.807, 2.05) is 0 Å². The van der Waals surface area contributed by atoms with Gasteiger partial charge in [0.05, 0.1) is 0 Å². The highest BCUT2D eigenvalue weighted by molar-refractivity contribution is 4.90. The summed E-state index contributed by atoms with van der Waals surface area (Å²) in [4.78, 5) is 2.55. The topological polar surface area (TPSA) is 15.3 Å². The van der Waals surface area contributed by atoms with Crippen LogP contribution in [0.1, 0.15) is 40.0 Å². The number of hydrogen-bond acceptors (Lipinski definition) is 2. The van der Waals surface area contributed by atoms with E-state index in [-0.39, 0.29) is 0 Å². The lowest BCUT2D eigenvalue weighted by atomic mass is 10.0. The van der Waals surface area contributed by atoms with Crippen LogP contribution < -0.4 is 5.32 Å². The van der Waals surface area contributed by atoms with Gasteiger partial charge in [-0.1, -0.05) is 13.8 Å². The molecule has 1 aliphatic rings. The Morgan fingerprint density at radius 1 is 1.44 bits per heavy atom. The average Bonchev–Trinajstić information content (AvgIpc) is 2.43. The number of hydrogen-bond donors (Lipinski definition) is 1. The predicted molar refractivity (Wildman–Crippen MR) is 70.3 cm³/mol. The van der Waals surface area contributed by atoms with Gasteiger partial charge in [0, 0.05) is 25.0 Å². The van der Waals surface area contributed by atoms with Crippen LogP contribution >= 0.6 is 0 Å². The molecule has 0 bridgehead atoms. The smallest absolute Gasteiger partial charge is 0.0240 e. The van der Waals surface area contributed by atoms with E-state index in [0.717, 1.165) is 25.4 Å². The summed E-state index contributed by atoms with van der Waals surface area (Å²) in [5.41, 5.74) is 0. The minimum atomic E-state index is 0.527. The van der Waals surface area contributed by atoms with Gasteiger partial charge in [-0.25, -0.2) is 0 Å². The standard InChI is InChI=1S/C14H26N2/c1-5-7-13(4)16-9-6-8-15-14(11-16)10-12(2)3/h1,12-15H,6-11H2,2-4H3. The maximum absolute atomic E-state index is 5.40. The largest absolute Gasteiger partial charge is 0.313 e. The Morgan fingerprint density at radius 3 is 2.81 bits per heavy atom. The van der Waals surface area contributed by atoms with E-state index in [9.17, 15) is 0 Å². The van der Waals surface area contributed by atoms with Crippen molar-refractivity contribution in [3.8, 4) is 12.3 Å². The Kier molecular flexibility index (Phi) is 5.87. The summed E-state index contributed by atoms with van der Waals surface area (Å²) in [6.07, 6.45) is 8.77. The lowest BCUT2D eigenvalue weighted by Gasteiger charge is -2.29. The van der Waals surface area contributed by atoms with Crippen LogP contribution in [0.2, 0.25) is 0 Å². The fourth-order valence-corrected chi connectivity index (χ4v) is 2.45. The zero-order chi connectivity index (χ0) is 12.0. The molecule has 0 aromatic carbocycles. The van der Waals surface area contributed by atoms with E-state index in [1.165, 1.54) is 19.4 Å². The van der Waals surface area contributed by atoms with Gasteiger partial charge < -0.3 is 5.32 Å². The lowest BCUT2D eigenvalue weighted by molar-refractivity contribution is 0.200. The Bertz CT molecular complexity index is 229. The van der Waals surface area contributed by atoms with E-state index in [2.05, 4.69) is 36.9 Å². The molecule has 0 radical (unpaired) electrons. The summed E-state index contributed by atoms with van der Waals surface area (Å²) in [5, 5.41) is 3.65. The molecule has 2 heteroatoms. The Morgan fingerprint density at radius 2 is 2.19 bits per heavy atom. The second kappa shape index (κ2) is 6.93. The maximum Gasteiger partial charge on any atom is 0.0240 e. The molecule has 16 heavy (non-hydrogen) atoms. The monoisotopic (exact) mass is 222 g/mol. The molecule has 0 aromatic heterocycles. The number of rotatable bonds is 4. The number of nitrogens with one attached hydrogen (secondary N) is 1. The Labute approximate surface area is 101 Å². The van der Waals surface area contributed by atoms with Gasteiger partial charge in [-0.15, -0.1) is 12.3 Å². The molecule has 1 N–H and O–H groups in total. The summed E-state index contributed by atoms with van der Waals surface area (Å²) in [6.45, 7) is 10.3. The van der Waals surface area contributed by atoms with Gasteiger partial charge in [-0.3, -0.25) is 4.90 Å². The second-order valence-electron chi connectivity index (χ2n) is 5.39. The van der Waals surface area contributed by atoms with Gasteiger partial charge in [-0.2, -0.15) is 0 Å². The highest BCUT2D eigenvalue weighted by Crippen LogP contribution is 2.13. The highest BCUT2D eigenvalue weighted by Gasteiger charge is 2.21. The van der Waals surface area contributed by atoms with Crippen molar-refractivity contribution in [2.75, 3.05) is 19.6 Å². The van der Waals surface area contributed by atoms with E-state index < -0.39 is 0 Å². The van der Waals surface area contributed by atoms with Crippen molar-refractivity contribution in [1.82, 2.24) is 10.2 Å². The van der Waals surface area contributed by atoms with Crippen molar-refractivity contribution >= 4 is 0 Å². The first-order valence-corrected chi connectivity index (χ1v) is 6.54. The van der Waals surface area contributed by atoms with Gasteiger partial charge in [0.2, 0.25) is 0 Å². The van der Waals surface area contributed by atoms with E-state index >= 15 is 0 Å². The quantitative estimate of drug-likeness (QED) is 0.733. The van der Waals surface area contributed by atoms with E-state index in [0.29, 0.717) is 12.1 Å². The molecule has 0 amide bonds. The van der Waals surface area contributed by atoms with Crippen LogP contribution in [0.15, 0.2) is 0 Å². The van der Waals surface area contributed by atoms with Crippen LogP contribution in [0.25, 0.3) is 0 Å². The van der Waals surface area contributed by atoms with Crippen molar-refractivity contribution in [2.24, 2.45) is 5.92 Å². The minimum Gasteiger partial charge on any atom is -0.313 e. The zero-order valence-corrected chi connectivity index (χ0v) is 11.0. The van der Waals surface area contributed by atoms with Crippen LogP contribution in [-0.4, -0.2) is 36.6 Å². The molecular weight excluding hydrogens is 196 g/mol. The summed E-state index contributed by atoms with van der Waals surface area (Å²) in [5.74, 6) is 3.54. The van der Waals surface area contributed by atoms with Crippen molar-refractivity contribution < 1.29 is 0 Å². The predicted octanol–water partition coefficient (Wildman–Crippen LogP) is 2.11. The first-order valence-electron chi connectivity index (χ1n) is 6.54. The van der Waals surface area contributed by atoms with Gasteiger partial charge in [0.25, 0.3) is 0 Å². The molecule has 1 saturated heterocycles. The first kappa shape index (κ1) is 13.5. The molecule has 0 aliphatic carbocycles. The van der Waals surface area contributed by atoms with E-state index in [1.54, 1.807) is 0 Å². The van der Waals surface area contributed by atoms with Gasteiger partial charge in [0.15, 0.2) is 0 Å². The molecule has 2 nitrogen and oxygen atoms in total. The third-order valence-electron chi connectivity index (χ3n) is 3.30. The fourth-order valence-electron chi connectivity index (χ4n) is 2.45. The van der Waals surface area contributed by atoms with Crippen LogP contribution in [-0.2, 0) is 0 Å². The van der Waals surface area contributed by atoms with Crippen LogP contribution in [0.4, 0.5) is 0 Å². The zero-order valence-electron chi connectivity index (χ0n) is 11.0. The average molecular weight is 222 g/mol. The molecule has 1 aliphatic heterocycles. The van der Waals surface area contributed by atoms with Gasteiger partial charge >= 0.3 is 0 Å². The Balaban J connectivity index is 2.48. The maximum atomic E-state index is 5.40. The van der Waals surface area contributed by atoms with Crippen LogP contribution in [0.5, 0.6) is 0 Å². The number of nitrogens with zero attached hydrogens (tertiary/aromatic N) is 1. The summed E-state index contributed by atoms with van der Waals surface area (Å²) in [6, 6.07) is 1.17. The SMILES string of the molecule is C#CCC(C)N1CCCNC(CC(C)C)C1. The van der Waals surface area contributed by atoms with Crippen LogP contribution in [0, 0.1) is 18.3 Å². The van der Waals surface area contributed by atoms with Gasteiger partial charge in [-0.05, 0) is 38.8 Å². The van der Waals surface area contributed by atoms with Gasteiger partial charge in [0.1, 0.15) is 0 Å². The van der Waals surface area contributed by atoms with Crippen LogP contribution in [0.3, 0.4) is 0 Å². The molecule has 1 heterocycles. The normalized spacial score (nSPS) is 25.1. The van der Waals surface area contributed by atoms with Crippen molar-refractivity contribution in [3.05, 3.63) is 0 Å².